The average Bonchev–Trinajstić information content (AvgIpc) is 2.89. The number of nitrogens with zero attached hydrogens (tertiary/aromatic N) is 2. The van der Waals surface area contributed by atoms with Crippen LogP contribution in [0.25, 0.3) is 0 Å². The van der Waals surface area contributed by atoms with Gasteiger partial charge in [0.15, 0.2) is 6.61 Å². The number of aryl methyl sites for hydroxylation is 2. The monoisotopic (exact) mass is 383 g/mol. The molecule has 0 saturated heterocycles. The van der Waals surface area contributed by atoms with Gasteiger partial charge in [0, 0.05) is 0 Å². The number of benzene rings is 2. The summed E-state index contributed by atoms with van der Waals surface area (Å²) in [7, 11) is 0. The first-order valence-electron chi connectivity index (χ1n) is 8.71. The quantitative estimate of drug-likeness (QED) is 0.680. The van der Waals surface area contributed by atoms with Crippen LogP contribution in [0.3, 0.4) is 0 Å². The zero-order valence-corrected chi connectivity index (χ0v) is 16.4. The van der Waals surface area contributed by atoms with E-state index in [1.165, 1.54) is 0 Å². The third kappa shape index (κ3) is 4.49. The smallest absolute Gasteiger partial charge is 0.262 e. The Kier molecular flexibility index (Phi) is 5.81. The maximum atomic E-state index is 12.4. The first-order chi connectivity index (χ1) is 13.0. The van der Waals surface area contributed by atoms with Crippen molar-refractivity contribution >= 4 is 23.2 Å². The molecule has 3 aromatic rings. The summed E-state index contributed by atoms with van der Waals surface area (Å²) in [6, 6.07) is 15.6. The maximum absolute atomic E-state index is 12.4. The molecule has 3 rings (SSSR count). The van der Waals surface area contributed by atoms with Gasteiger partial charge in [-0.15, -0.1) is 0 Å². The van der Waals surface area contributed by atoms with Crippen LogP contribution in [0.2, 0.25) is 5.02 Å². The van der Waals surface area contributed by atoms with Crippen LogP contribution in [-0.4, -0.2) is 22.3 Å². The molecule has 5 nitrogen and oxygen atoms in total. The van der Waals surface area contributed by atoms with Gasteiger partial charge in [-0.2, -0.15) is 5.10 Å². The minimum absolute atomic E-state index is 0.118. The second kappa shape index (κ2) is 8.27. The number of carbonyl (C=O) groups is 1. The number of anilines is 1. The highest BCUT2D eigenvalue weighted by Crippen LogP contribution is 2.28. The molecule has 140 valence electrons. The van der Waals surface area contributed by atoms with Crippen LogP contribution in [0.1, 0.15) is 22.5 Å². The molecule has 6 heteroatoms. The van der Waals surface area contributed by atoms with Crippen molar-refractivity contribution in [1.82, 2.24) is 9.78 Å². The lowest BCUT2D eigenvalue weighted by atomic mass is 10.2. The molecule has 0 spiro atoms. The molecule has 0 aliphatic carbocycles. The van der Waals surface area contributed by atoms with E-state index in [9.17, 15) is 4.79 Å². The molecule has 0 saturated carbocycles. The van der Waals surface area contributed by atoms with E-state index in [0.29, 0.717) is 17.3 Å². The van der Waals surface area contributed by atoms with Gasteiger partial charge in [-0.3, -0.25) is 9.48 Å². The first-order valence-corrected chi connectivity index (χ1v) is 9.09. The highest BCUT2D eigenvalue weighted by atomic mass is 35.5. The van der Waals surface area contributed by atoms with Crippen LogP contribution in [0, 0.1) is 20.8 Å². The third-order valence-corrected chi connectivity index (χ3v) is 4.63. The molecule has 1 aromatic heterocycles. The van der Waals surface area contributed by atoms with E-state index in [1.807, 2.05) is 55.8 Å². The Morgan fingerprint density at radius 2 is 1.85 bits per heavy atom. The fourth-order valence-corrected chi connectivity index (χ4v) is 3.18. The molecule has 0 radical (unpaired) electrons. The molecule has 27 heavy (non-hydrogen) atoms. The zero-order valence-electron chi connectivity index (χ0n) is 15.6. The summed E-state index contributed by atoms with van der Waals surface area (Å²) in [6.45, 7) is 6.24. The molecule has 0 bridgehead atoms. The third-order valence-electron chi connectivity index (χ3n) is 4.33. The molecular weight excluding hydrogens is 362 g/mol. The van der Waals surface area contributed by atoms with Crippen molar-refractivity contribution in [2.75, 3.05) is 11.9 Å². The summed E-state index contributed by atoms with van der Waals surface area (Å²) in [5.74, 6) is 0.280. The second-order valence-corrected chi connectivity index (χ2v) is 6.82. The molecule has 0 aliphatic heterocycles. The molecule has 0 atom stereocenters. The van der Waals surface area contributed by atoms with Crippen molar-refractivity contribution in [2.45, 2.75) is 27.3 Å². The minimum Gasteiger partial charge on any atom is -0.482 e. The number of ether oxygens (including phenoxy) is 1. The Balaban J connectivity index is 1.67. The highest BCUT2D eigenvalue weighted by molar-refractivity contribution is 6.32. The molecule has 0 fully saturated rings. The van der Waals surface area contributed by atoms with E-state index in [0.717, 1.165) is 28.2 Å². The van der Waals surface area contributed by atoms with Crippen LogP contribution in [0.4, 0.5) is 5.69 Å². The van der Waals surface area contributed by atoms with Crippen LogP contribution in [-0.2, 0) is 11.3 Å². The number of hydrogen-bond donors (Lipinski definition) is 1. The number of amides is 1. The van der Waals surface area contributed by atoms with E-state index in [2.05, 4.69) is 22.5 Å². The van der Waals surface area contributed by atoms with Crippen LogP contribution < -0.4 is 10.1 Å². The van der Waals surface area contributed by atoms with Crippen molar-refractivity contribution in [1.29, 1.82) is 0 Å². The molecule has 2 aromatic carbocycles. The lowest BCUT2D eigenvalue weighted by Gasteiger charge is -2.11. The number of nitrogens with one attached hydrogen (secondary N) is 1. The second-order valence-electron chi connectivity index (χ2n) is 6.41. The lowest BCUT2D eigenvalue weighted by molar-refractivity contribution is -0.118. The van der Waals surface area contributed by atoms with Gasteiger partial charge in [-0.1, -0.05) is 54.1 Å². The maximum Gasteiger partial charge on any atom is 0.262 e. The Morgan fingerprint density at radius 3 is 2.56 bits per heavy atom. The van der Waals surface area contributed by atoms with Gasteiger partial charge in [0.2, 0.25) is 0 Å². The Morgan fingerprint density at radius 1 is 1.11 bits per heavy atom. The number of carbonyl (C=O) groups excluding carboxylic acids is 1. The lowest BCUT2D eigenvalue weighted by Crippen LogP contribution is -2.21. The normalized spacial score (nSPS) is 10.7. The molecule has 1 heterocycles. The zero-order chi connectivity index (χ0) is 19.4. The van der Waals surface area contributed by atoms with Crippen molar-refractivity contribution < 1.29 is 9.53 Å². The van der Waals surface area contributed by atoms with Gasteiger partial charge in [0.05, 0.1) is 28.6 Å². The Hall–Kier alpha value is -2.79. The summed E-state index contributed by atoms with van der Waals surface area (Å²) in [4.78, 5) is 12.4. The predicted molar refractivity (Wildman–Crippen MR) is 108 cm³/mol. The van der Waals surface area contributed by atoms with E-state index < -0.39 is 0 Å². The number of rotatable bonds is 6. The molecule has 1 N–H and O–H groups in total. The summed E-state index contributed by atoms with van der Waals surface area (Å²) in [5, 5.41) is 7.94. The first kappa shape index (κ1) is 19.0. The van der Waals surface area contributed by atoms with E-state index in [1.54, 1.807) is 6.07 Å². The number of hydrogen-bond acceptors (Lipinski definition) is 3. The molecule has 0 aliphatic rings. The summed E-state index contributed by atoms with van der Waals surface area (Å²) in [6.07, 6.45) is 0. The highest BCUT2D eigenvalue weighted by Gasteiger charge is 2.15. The largest absolute Gasteiger partial charge is 0.482 e. The van der Waals surface area contributed by atoms with Gasteiger partial charge >= 0.3 is 0 Å². The minimum atomic E-state index is -0.250. The van der Waals surface area contributed by atoms with Gasteiger partial charge in [-0.05, 0) is 38.0 Å². The average molecular weight is 384 g/mol. The topological polar surface area (TPSA) is 56.1 Å². The number of para-hydroxylation sites is 1. The van der Waals surface area contributed by atoms with Crippen LogP contribution in [0.15, 0.2) is 48.5 Å². The van der Waals surface area contributed by atoms with Gasteiger partial charge < -0.3 is 10.1 Å². The predicted octanol–water partition coefficient (Wildman–Crippen LogP) is 4.53. The SMILES string of the molecule is Cc1cccc(Cl)c1OCC(=O)Nc1c(C)nn(Cc2ccccc2)c1C. The fraction of sp³-hybridized carbons (Fsp3) is 0.238. The van der Waals surface area contributed by atoms with E-state index in [-0.39, 0.29) is 12.5 Å². The van der Waals surface area contributed by atoms with E-state index >= 15 is 0 Å². The van der Waals surface area contributed by atoms with Crippen LogP contribution >= 0.6 is 11.6 Å². The Labute approximate surface area is 163 Å². The molecular formula is C21H22ClN3O2. The molecule has 0 unspecified atom stereocenters. The van der Waals surface area contributed by atoms with E-state index in [4.69, 9.17) is 16.3 Å². The summed E-state index contributed by atoms with van der Waals surface area (Å²) in [5.41, 5.74) is 4.43. The summed E-state index contributed by atoms with van der Waals surface area (Å²) < 4.78 is 7.50. The van der Waals surface area contributed by atoms with Crippen molar-refractivity contribution in [2.24, 2.45) is 0 Å². The van der Waals surface area contributed by atoms with Gasteiger partial charge in [0.1, 0.15) is 5.75 Å². The van der Waals surface area contributed by atoms with Crippen molar-refractivity contribution in [3.8, 4) is 5.75 Å². The number of halogens is 1. The van der Waals surface area contributed by atoms with Crippen LogP contribution in [0.5, 0.6) is 5.75 Å². The molecule has 1 amide bonds. The standard InChI is InChI=1S/C21H22ClN3O2/c1-14-8-7-11-18(22)21(14)27-13-19(26)23-20-15(2)24-25(16(20)3)12-17-9-5-4-6-10-17/h4-11H,12-13H2,1-3H3,(H,23,26). The van der Waals surface area contributed by atoms with Crippen molar-refractivity contribution in [3.63, 3.8) is 0 Å². The Bertz CT molecular complexity index is 931. The summed E-state index contributed by atoms with van der Waals surface area (Å²) >= 11 is 6.13. The van der Waals surface area contributed by atoms with Crippen molar-refractivity contribution in [3.05, 3.63) is 76.1 Å². The number of aromatic nitrogens is 2. The van der Waals surface area contributed by atoms with Gasteiger partial charge in [0.25, 0.3) is 5.91 Å². The van der Waals surface area contributed by atoms with Gasteiger partial charge in [-0.25, -0.2) is 0 Å². The fourth-order valence-electron chi connectivity index (χ4n) is 2.90.